The van der Waals surface area contributed by atoms with Crippen LogP contribution in [0.5, 0.6) is 5.75 Å². The smallest absolute Gasteiger partial charge is 0.243 e. The molecule has 1 atom stereocenters. The molecule has 1 heterocycles. The van der Waals surface area contributed by atoms with Crippen molar-refractivity contribution in [2.75, 3.05) is 13.1 Å². The number of hydrogen-bond acceptors (Lipinski definition) is 4. The first-order valence-electron chi connectivity index (χ1n) is 10.6. The van der Waals surface area contributed by atoms with Crippen molar-refractivity contribution in [1.82, 2.24) is 9.62 Å². The van der Waals surface area contributed by atoms with Crippen molar-refractivity contribution in [2.45, 2.75) is 50.0 Å². The number of fused-ring (bicyclic) bond motifs is 1. The Labute approximate surface area is 178 Å². The number of phenols is 1. The molecule has 1 fully saturated rings. The number of nitrogens with one attached hydrogen (secondary N) is 1. The van der Waals surface area contributed by atoms with Gasteiger partial charge in [-0.3, -0.25) is 4.79 Å². The highest BCUT2D eigenvalue weighted by molar-refractivity contribution is 7.89. The minimum Gasteiger partial charge on any atom is -0.508 e. The van der Waals surface area contributed by atoms with E-state index in [1.54, 1.807) is 24.3 Å². The van der Waals surface area contributed by atoms with Crippen LogP contribution in [0.25, 0.3) is 0 Å². The molecule has 0 bridgehead atoms. The number of hydrogen-bond donors (Lipinski definition) is 2. The van der Waals surface area contributed by atoms with Gasteiger partial charge in [0, 0.05) is 19.0 Å². The van der Waals surface area contributed by atoms with E-state index in [0.717, 1.165) is 30.4 Å². The van der Waals surface area contributed by atoms with Gasteiger partial charge in [-0.1, -0.05) is 18.2 Å². The lowest BCUT2D eigenvalue weighted by atomic mass is 9.96. The lowest BCUT2D eigenvalue weighted by Gasteiger charge is -2.31. The maximum atomic E-state index is 13.1. The van der Waals surface area contributed by atoms with Gasteiger partial charge in [0.1, 0.15) is 5.75 Å². The molecule has 30 heavy (non-hydrogen) atoms. The third-order valence-corrected chi connectivity index (χ3v) is 8.16. The fraction of sp³-hybridized carbons (Fsp3) is 0.435. The van der Waals surface area contributed by atoms with Gasteiger partial charge in [0.25, 0.3) is 0 Å². The summed E-state index contributed by atoms with van der Waals surface area (Å²) in [5, 5.41) is 12.6. The zero-order chi connectivity index (χ0) is 21.3. The Morgan fingerprint density at radius 2 is 1.83 bits per heavy atom. The van der Waals surface area contributed by atoms with Gasteiger partial charge in [-0.15, -0.1) is 0 Å². The molecule has 0 radical (unpaired) electrons. The predicted octanol–water partition coefficient (Wildman–Crippen LogP) is 3.16. The van der Waals surface area contributed by atoms with Crippen molar-refractivity contribution in [3.05, 3.63) is 59.2 Å². The first-order chi connectivity index (χ1) is 14.3. The number of amides is 1. The molecule has 1 saturated heterocycles. The number of sulfonamides is 1. The molecule has 6 nitrogen and oxygen atoms in total. The Balaban J connectivity index is 1.36. The number of piperidine rings is 1. The van der Waals surface area contributed by atoms with Gasteiger partial charge in [0.05, 0.1) is 10.9 Å². The van der Waals surface area contributed by atoms with E-state index in [9.17, 15) is 18.3 Å². The first-order valence-corrected chi connectivity index (χ1v) is 12.0. The summed E-state index contributed by atoms with van der Waals surface area (Å²) >= 11 is 0. The molecular weight excluding hydrogens is 400 g/mol. The molecular formula is C23H28N2O4S. The Morgan fingerprint density at radius 3 is 2.57 bits per heavy atom. The van der Waals surface area contributed by atoms with E-state index in [0.29, 0.717) is 30.8 Å². The van der Waals surface area contributed by atoms with Crippen molar-refractivity contribution in [3.8, 4) is 5.75 Å². The number of nitrogens with zero attached hydrogens (tertiary/aromatic N) is 1. The molecule has 2 aliphatic rings. The Bertz CT molecular complexity index is 1040. The molecule has 0 spiro atoms. The zero-order valence-electron chi connectivity index (χ0n) is 17.2. The summed E-state index contributed by atoms with van der Waals surface area (Å²) in [5.41, 5.74) is 3.23. The predicted molar refractivity (Wildman–Crippen MR) is 115 cm³/mol. The van der Waals surface area contributed by atoms with Crippen LogP contribution >= 0.6 is 0 Å². The summed E-state index contributed by atoms with van der Waals surface area (Å²) in [7, 11) is -3.53. The van der Waals surface area contributed by atoms with E-state index < -0.39 is 10.0 Å². The van der Waals surface area contributed by atoms with Gasteiger partial charge in [-0.25, -0.2) is 8.42 Å². The van der Waals surface area contributed by atoms with Crippen LogP contribution in [0.2, 0.25) is 0 Å². The minimum atomic E-state index is -3.53. The quantitative estimate of drug-likeness (QED) is 0.766. The molecule has 2 aromatic carbocycles. The summed E-state index contributed by atoms with van der Waals surface area (Å²) in [4.78, 5) is 13.0. The van der Waals surface area contributed by atoms with Crippen molar-refractivity contribution in [1.29, 1.82) is 0 Å². The second kappa shape index (κ2) is 8.40. The molecule has 4 rings (SSSR count). The third-order valence-electron chi connectivity index (χ3n) is 6.26. The van der Waals surface area contributed by atoms with Crippen molar-refractivity contribution in [2.24, 2.45) is 5.92 Å². The lowest BCUT2D eigenvalue weighted by molar-refractivity contribution is -0.126. The van der Waals surface area contributed by atoms with Crippen LogP contribution in [0.3, 0.4) is 0 Å². The van der Waals surface area contributed by atoms with Crippen LogP contribution in [0.4, 0.5) is 0 Å². The first kappa shape index (κ1) is 20.9. The topological polar surface area (TPSA) is 86.7 Å². The average molecular weight is 429 g/mol. The molecule has 2 aromatic rings. The standard InChI is InChI=1S/C23H28N2O4S/c1-16(19-5-3-7-21(26)14-19)24-23(27)18-10-12-25(13-11-18)30(28,29)22-9-8-17-4-2-6-20(17)15-22/h3,5,7-9,14-16,18,26H,2,4,6,10-13H2,1H3,(H,24,27). The van der Waals surface area contributed by atoms with Crippen LogP contribution in [0, 0.1) is 5.92 Å². The SMILES string of the molecule is CC(NC(=O)C1CCN(S(=O)(=O)c2ccc3c(c2)CCC3)CC1)c1cccc(O)c1. The number of phenolic OH excluding ortho intramolecular Hbond substituents is 1. The summed E-state index contributed by atoms with van der Waals surface area (Å²) in [5.74, 6) is -0.115. The minimum absolute atomic E-state index is 0.0691. The summed E-state index contributed by atoms with van der Waals surface area (Å²) in [6, 6.07) is 12.1. The second-order valence-electron chi connectivity index (χ2n) is 8.29. The molecule has 1 aliphatic carbocycles. The molecule has 0 aromatic heterocycles. The Hall–Kier alpha value is -2.38. The molecule has 160 valence electrons. The van der Waals surface area contributed by atoms with Crippen LogP contribution in [-0.4, -0.2) is 36.8 Å². The van der Waals surface area contributed by atoms with E-state index in [4.69, 9.17) is 0 Å². The van der Waals surface area contributed by atoms with E-state index in [1.165, 1.54) is 9.87 Å². The van der Waals surface area contributed by atoms with Crippen LogP contribution < -0.4 is 5.32 Å². The van der Waals surface area contributed by atoms with E-state index in [2.05, 4.69) is 5.32 Å². The maximum absolute atomic E-state index is 13.1. The highest BCUT2D eigenvalue weighted by Gasteiger charge is 2.33. The second-order valence-corrected chi connectivity index (χ2v) is 10.2. The third kappa shape index (κ3) is 4.23. The zero-order valence-corrected chi connectivity index (χ0v) is 18.0. The van der Waals surface area contributed by atoms with Crippen molar-refractivity contribution in [3.63, 3.8) is 0 Å². The number of aromatic hydroxyl groups is 1. The van der Waals surface area contributed by atoms with Gasteiger partial charge in [-0.2, -0.15) is 4.31 Å². The lowest BCUT2D eigenvalue weighted by Crippen LogP contribution is -2.43. The maximum Gasteiger partial charge on any atom is 0.243 e. The number of benzene rings is 2. The number of aryl methyl sites for hydroxylation is 2. The molecule has 7 heteroatoms. The normalized spacial score (nSPS) is 18.7. The van der Waals surface area contributed by atoms with Crippen LogP contribution in [0.1, 0.15) is 48.9 Å². The van der Waals surface area contributed by atoms with Crippen LogP contribution in [-0.2, 0) is 27.7 Å². The molecule has 1 amide bonds. The van der Waals surface area contributed by atoms with Gasteiger partial charge in [0.15, 0.2) is 0 Å². The van der Waals surface area contributed by atoms with E-state index in [1.807, 2.05) is 25.1 Å². The molecule has 2 N–H and O–H groups in total. The fourth-order valence-electron chi connectivity index (χ4n) is 4.42. The molecule has 0 saturated carbocycles. The summed E-state index contributed by atoms with van der Waals surface area (Å²) in [6.07, 6.45) is 4.06. The Morgan fingerprint density at radius 1 is 1.10 bits per heavy atom. The molecule has 1 aliphatic heterocycles. The van der Waals surface area contributed by atoms with Crippen LogP contribution in [0.15, 0.2) is 47.4 Å². The van der Waals surface area contributed by atoms with Gasteiger partial charge < -0.3 is 10.4 Å². The van der Waals surface area contributed by atoms with Gasteiger partial charge in [-0.05, 0) is 80.0 Å². The number of rotatable bonds is 5. The largest absolute Gasteiger partial charge is 0.508 e. The highest BCUT2D eigenvalue weighted by atomic mass is 32.2. The van der Waals surface area contributed by atoms with Gasteiger partial charge in [0.2, 0.25) is 15.9 Å². The van der Waals surface area contributed by atoms with E-state index >= 15 is 0 Å². The monoisotopic (exact) mass is 428 g/mol. The summed E-state index contributed by atoms with van der Waals surface area (Å²) < 4.78 is 27.6. The Kier molecular flexibility index (Phi) is 5.84. The number of carbonyl (C=O) groups is 1. The highest BCUT2D eigenvalue weighted by Crippen LogP contribution is 2.29. The summed E-state index contributed by atoms with van der Waals surface area (Å²) in [6.45, 7) is 2.57. The van der Waals surface area contributed by atoms with Crippen molar-refractivity contribution >= 4 is 15.9 Å². The molecule has 1 unspecified atom stereocenters. The van der Waals surface area contributed by atoms with Gasteiger partial charge >= 0.3 is 0 Å². The fourth-order valence-corrected chi connectivity index (χ4v) is 5.95. The van der Waals surface area contributed by atoms with E-state index in [-0.39, 0.29) is 23.6 Å². The number of carbonyl (C=O) groups excluding carboxylic acids is 1. The average Bonchev–Trinajstić information content (AvgIpc) is 3.21. The van der Waals surface area contributed by atoms with Crippen molar-refractivity contribution < 1.29 is 18.3 Å².